The van der Waals surface area contributed by atoms with E-state index in [-0.39, 0.29) is 34.1 Å². The van der Waals surface area contributed by atoms with Gasteiger partial charge in [-0.15, -0.1) is 27.2 Å². The minimum Gasteiger partial charge on any atom is -0.492 e. The van der Waals surface area contributed by atoms with Gasteiger partial charge in [-0.1, -0.05) is 0 Å². The topological polar surface area (TPSA) is 96.7 Å². The number of anilines is 2. The van der Waals surface area contributed by atoms with Crippen LogP contribution in [0.25, 0.3) is 22.4 Å². The molecule has 0 fully saturated rings. The number of aromatic nitrogens is 5. The number of fused-ring (bicyclic) bond motifs is 1. The van der Waals surface area contributed by atoms with E-state index in [1.807, 2.05) is 0 Å². The molecule has 0 radical (unpaired) electrons. The van der Waals surface area contributed by atoms with E-state index in [2.05, 4.69) is 30.5 Å². The number of nitrogens with zero attached hydrogens (tertiary/aromatic N) is 5. The molecule has 2 N–H and O–H groups in total. The average Bonchev–Trinajstić information content (AvgIpc) is 2.73. The molecule has 0 saturated carbocycles. The lowest BCUT2D eigenvalue weighted by Gasteiger charge is -2.12. The fourth-order valence-corrected chi connectivity index (χ4v) is 2.83. The van der Waals surface area contributed by atoms with E-state index in [0.29, 0.717) is 23.3 Å². The van der Waals surface area contributed by atoms with Gasteiger partial charge in [-0.25, -0.2) is 15.0 Å². The Kier molecular flexibility index (Phi) is 6.40. The lowest BCUT2D eigenvalue weighted by molar-refractivity contribution is -0.138. The van der Waals surface area contributed by atoms with E-state index in [1.165, 1.54) is 24.4 Å². The lowest BCUT2D eigenvalue weighted by atomic mass is 10.1. The van der Waals surface area contributed by atoms with Gasteiger partial charge in [0.15, 0.2) is 5.65 Å². The molecule has 0 unspecified atom stereocenters. The van der Waals surface area contributed by atoms with Crippen LogP contribution >= 0.6 is 17.0 Å². The zero-order valence-corrected chi connectivity index (χ0v) is 17.7. The molecule has 0 aliphatic carbocycles. The summed E-state index contributed by atoms with van der Waals surface area (Å²) in [4.78, 5) is 11.8. The molecule has 0 aromatic carbocycles. The van der Waals surface area contributed by atoms with Crippen molar-refractivity contribution in [1.82, 2.24) is 25.1 Å². The van der Waals surface area contributed by atoms with Gasteiger partial charge in [0.1, 0.15) is 11.5 Å². The molecule has 0 aliphatic heterocycles. The Labute approximate surface area is 191 Å². The molecule has 0 saturated heterocycles. The molecule has 0 aliphatic rings. The molecule has 4 heterocycles. The predicted octanol–water partition coefficient (Wildman–Crippen LogP) is 5.55. The van der Waals surface area contributed by atoms with Crippen molar-refractivity contribution in [3.63, 3.8) is 0 Å². The maximum atomic E-state index is 13.3. The predicted molar refractivity (Wildman–Crippen MR) is 110 cm³/mol. The summed E-state index contributed by atoms with van der Waals surface area (Å²) in [7, 11) is 0. The summed E-state index contributed by atoms with van der Waals surface area (Å²) in [5, 5.41) is 19.1. The van der Waals surface area contributed by atoms with Crippen molar-refractivity contribution in [2.24, 2.45) is 0 Å². The van der Waals surface area contributed by atoms with E-state index in [0.717, 1.165) is 12.1 Å². The fourth-order valence-electron chi connectivity index (χ4n) is 2.83. The third-order valence-electron chi connectivity index (χ3n) is 4.29. The number of hydrogen-bond donors (Lipinski definition) is 2. The van der Waals surface area contributed by atoms with Crippen LogP contribution in [-0.2, 0) is 12.4 Å². The monoisotopic (exact) mass is 532 g/mol. The van der Waals surface area contributed by atoms with Crippen LogP contribution in [-0.4, -0.2) is 30.3 Å². The summed E-state index contributed by atoms with van der Waals surface area (Å²) in [5.74, 6) is -0.783. The zero-order chi connectivity index (χ0) is 23.1. The Bertz CT molecular complexity index is 1300. The van der Waals surface area contributed by atoms with Crippen LogP contribution in [0.4, 0.5) is 37.8 Å². The van der Waals surface area contributed by atoms with Gasteiger partial charge >= 0.3 is 12.4 Å². The summed E-state index contributed by atoms with van der Waals surface area (Å²) in [6, 6.07) is 6.62. The highest BCUT2D eigenvalue weighted by atomic mass is 79.9. The standard InChI is InChI=1S/C19H10F6N6O.BrH/c20-18(21,22)9-1-4-14(27-8-9)28-12-5-6-26-17-10(12)2-3-13(29-17)16-11(19(23,24)25)7-15(32)30-31-16;/h1-8H,(H,30,32)(H,26,27,28,29);1H. The number of alkyl halides is 6. The van der Waals surface area contributed by atoms with Crippen LogP contribution in [0.3, 0.4) is 0 Å². The van der Waals surface area contributed by atoms with Gasteiger partial charge < -0.3 is 10.4 Å². The average molecular weight is 533 g/mol. The second kappa shape index (κ2) is 8.77. The minimum absolute atomic E-state index is 0. The van der Waals surface area contributed by atoms with Crippen LogP contribution in [0, 0.1) is 0 Å². The first-order valence-corrected chi connectivity index (χ1v) is 8.72. The van der Waals surface area contributed by atoms with Crippen molar-refractivity contribution in [3.8, 4) is 17.3 Å². The van der Waals surface area contributed by atoms with Crippen LogP contribution in [0.15, 0.2) is 48.8 Å². The number of nitrogens with one attached hydrogen (secondary N) is 1. The molecular formula is C19H11BrF6N6O. The van der Waals surface area contributed by atoms with Crippen molar-refractivity contribution in [2.45, 2.75) is 12.4 Å². The number of hydrogen-bond acceptors (Lipinski definition) is 7. The Balaban J connectivity index is 0.00000306. The summed E-state index contributed by atoms with van der Waals surface area (Å²) in [6.45, 7) is 0. The second-order valence-corrected chi connectivity index (χ2v) is 6.44. The minimum atomic E-state index is -4.82. The summed E-state index contributed by atoms with van der Waals surface area (Å²) in [5.41, 5.74) is -2.50. The normalized spacial score (nSPS) is 11.8. The van der Waals surface area contributed by atoms with Crippen molar-refractivity contribution in [2.75, 3.05) is 5.32 Å². The van der Waals surface area contributed by atoms with Gasteiger partial charge in [-0.2, -0.15) is 26.3 Å². The fraction of sp³-hybridized carbons (Fsp3) is 0.105. The third kappa shape index (κ3) is 5.10. The molecule has 4 aromatic heterocycles. The van der Waals surface area contributed by atoms with Gasteiger partial charge in [-0.05, 0) is 30.3 Å². The van der Waals surface area contributed by atoms with Crippen molar-refractivity contribution in [1.29, 1.82) is 0 Å². The molecule has 0 amide bonds. The quantitative estimate of drug-likeness (QED) is 0.334. The largest absolute Gasteiger partial charge is 0.492 e. The molecule has 14 heteroatoms. The smallest absolute Gasteiger partial charge is 0.418 e. The number of pyridine rings is 3. The molecular weight excluding hydrogens is 522 g/mol. The van der Waals surface area contributed by atoms with Gasteiger partial charge in [0.25, 0.3) is 0 Å². The Morgan fingerprint density at radius 2 is 1.61 bits per heavy atom. The van der Waals surface area contributed by atoms with Gasteiger partial charge in [0.2, 0.25) is 5.88 Å². The van der Waals surface area contributed by atoms with Crippen LogP contribution < -0.4 is 5.32 Å². The SMILES string of the molecule is Br.Oc1cc(C(F)(F)F)c(-c2ccc3c(Nc4ccc(C(F)(F)F)cn4)ccnc3n2)nn1. The van der Waals surface area contributed by atoms with Crippen molar-refractivity contribution in [3.05, 3.63) is 59.9 Å². The first-order chi connectivity index (χ1) is 15.0. The van der Waals surface area contributed by atoms with E-state index in [4.69, 9.17) is 0 Å². The highest BCUT2D eigenvalue weighted by molar-refractivity contribution is 8.93. The third-order valence-corrected chi connectivity index (χ3v) is 4.29. The lowest BCUT2D eigenvalue weighted by Crippen LogP contribution is -2.10. The van der Waals surface area contributed by atoms with Crippen molar-refractivity contribution >= 4 is 39.5 Å². The Morgan fingerprint density at radius 1 is 0.848 bits per heavy atom. The molecule has 4 aromatic rings. The zero-order valence-electron chi connectivity index (χ0n) is 16.0. The number of rotatable bonds is 3. The molecule has 7 nitrogen and oxygen atoms in total. The van der Waals surface area contributed by atoms with Crippen LogP contribution in [0.2, 0.25) is 0 Å². The first-order valence-electron chi connectivity index (χ1n) is 8.72. The van der Waals surface area contributed by atoms with Crippen LogP contribution in [0.5, 0.6) is 5.88 Å². The highest BCUT2D eigenvalue weighted by Gasteiger charge is 2.36. The van der Waals surface area contributed by atoms with Gasteiger partial charge in [0.05, 0.1) is 22.5 Å². The number of aromatic hydroxyl groups is 1. The molecule has 4 rings (SSSR count). The second-order valence-electron chi connectivity index (χ2n) is 6.44. The molecule has 33 heavy (non-hydrogen) atoms. The van der Waals surface area contributed by atoms with E-state index in [1.54, 1.807) is 0 Å². The summed E-state index contributed by atoms with van der Waals surface area (Å²) < 4.78 is 78.0. The molecule has 0 spiro atoms. The molecule has 0 bridgehead atoms. The van der Waals surface area contributed by atoms with E-state index >= 15 is 0 Å². The van der Waals surface area contributed by atoms with Crippen LogP contribution in [0.1, 0.15) is 11.1 Å². The first kappa shape index (κ1) is 24.1. The van der Waals surface area contributed by atoms with Crippen molar-refractivity contribution < 1.29 is 31.4 Å². The summed E-state index contributed by atoms with van der Waals surface area (Å²) in [6.07, 6.45) is -7.35. The van der Waals surface area contributed by atoms with Gasteiger partial charge in [-0.3, -0.25) is 0 Å². The molecule has 172 valence electrons. The Morgan fingerprint density at radius 3 is 2.24 bits per heavy atom. The van der Waals surface area contributed by atoms with Gasteiger partial charge in [0, 0.05) is 23.8 Å². The molecule has 0 atom stereocenters. The van der Waals surface area contributed by atoms with E-state index < -0.39 is 35.1 Å². The highest BCUT2D eigenvalue weighted by Crippen LogP contribution is 2.37. The maximum absolute atomic E-state index is 13.3. The Hall–Kier alpha value is -3.55. The maximum Gasteiger partial charge on any atom is 0.418 e. The summed E-state index contributed by atoms with van der Waals surface area (Å²) >= 11 is 0. The van der Waals surface area contributed by atoms with E-state index in [9.17, 15) is 31.4 Å². The number of halogens is 7.